The summed E-state index contributed by atoms with van der Waals surface area (Å²) in [5.41, 5.74) is 0. The zero-order valence-electron chi connectivity index (χ0n) is 7.61. The number of pyridine rings is 1. The Morgan fingerprint density at radius 1 is 1.27 bits per heavy atom. The number of rotatable bonds is 2. The molecule has 0 aliphatic rings. The monoisotopic (exact) mass is 224 g/mol. The van der Waals surface area contributed by atoms with Crippen molar-refractivity contribution < 1.29 is 8.42 Å². The smallest absolute Gasteiger partial charge is 0.236 e. The van der Waals surface area contributed by atoms with Crippen LogP contribution in [0.25, 0.3) is 5.82 Å². The lowest BCUT2D eigenvalue weighted by Crippen LogP contribution is -2.16. The molecule has 0 amide bonds. The van der Waals surface area contributed by atoms with E-state index in [1.54, 1.807) is 12.3 Å². The van der Waals surface area contributed by atoms with Crippen LogP contribution in [0.4, 0.5) is 0 Å². The Morgan fingerprint density at radius 2 is 2.07 bits per heavy atom. The highest BCUT2D eigenvalue weighted by Crippen LogP contribution is 2.14. The fourth-order valence-electron chi connectivity index (χ4n) is 1.17. The van der Waals surface area contributed by atoms with Crippen LogP contribution >= 0.6 is 0 Å². The van der Waals surface area contributed by atoms with Gasteiger partial charge in [-0.05, 0) is 18.2 Å². The Hall–Kier alpha value is -1.73. The van der Waals surface area contributed by atoms with Crippen LogP contribution in [0.15, 0.2) is 41.7 Å². The summed E-state index contributed by atoms with van der Waals surface area (Å²) in [5.74, 6) is 0.199. The van der Waals surface area contributed by atoms with Gasteiger partial charge in [0, 0.05) is 18.6 Å². The predicted octanol–water partition coefficient (Wildman–Crippen LogP) is -0.0853. The molecule has 2 rings (SSSR count). The standard InChI is InChI=1S/C8H8N4O2S/c9-15(13,14)7-3-1-4-10-8(7)12-6-2-5-11-12/h1-6H,(H2,9,13,14). The van der Waals surface area contributed by atoms with E-state index in [0.29, 0.717) is 0 Å². The molecule has 0 saturated heterocycles. The van der Waals surface area contributed by atoms with E-state index < -0.39 is 10.0 Å². The zero-order valence-corrected chi connectivity index (χ0v) is 8.42. The largest absolute Gasteiger partial charge is 0.241 e. The molecule has 0 aromatic carbocycles. The van der Waals surface area contributed by atoms with Gasteiger partial charge in [-0.25, -0.2) is 23.2 Å². The van der Waals surface area contributed by atoms with E-state index in [4.69, 9.17) is 5.14 Å². The molecule has 0 aliphatic heterocycles. The van der Waals surface area contributed by atoms with Gasteiger partial charge in [-0.1, -0.05) is 0 Å². The zero-order chi connectivity index (χ0) is 10.9. The second-order valence-electron chi connectivity index (χ2n) is 2.82. The van der Waals surface area contributed by atoms with Crippen LogP contribution in [0.5, 0.6) is 0 Å². The van der Waals surface area contributed by atoms with Gasteiger partial charge >= 0.3 is 0 Å². The molecule has 0 unspecified atom stereocenters. The Morgan fingerprint density at radius 3 is 2.67 bits per heavy atom. The number of hydrogen-bond donors (Lipinski definition) is 1. The average molecular weight is 224 g/mol. The first-order valence-electron chi connectivity index (χ1n) is 4.07. The van der Waals surface area contributed by atoms with Gasteiger partial charge in [0.25, 0.3) is 0 Å². The molecule has 2 aromatic heterocycles. The third-order valence-electron chi connectivity index (χ3n) is 1.78. The van der Waals surface area contributed by atoms with Gasteiger partial charge in [0.1, 0.15) is 4.90 Å². The normalized spacial score (nSPS) is 11.5. The van der Waals surface area contributed by atoms with Crippen LogP contribution < -0.4 is 5.14 Å². The van der Waals surface area contributed by atoms with E-state index in [2.05, 4.69) is 10.1 Å². The first-order chi connectivity index (χ1) is 7.09. The van der Waals surface area contributed by atoms with Crippen molar-refractivity contribution in [1.29, 1.82) is 0 Å². The molecular formula is C8H8N4O2S. The third kappa shape index (κ3) is 1.88. The Bertz CT molecular complexity index is 562. The summed E-state index contributed by atoms with van der Waals surface area (Å²) in [7, 11) is -3.78. The first-order valence-corrected chi connectivity index (χ1v) is 5.61. The van der Waals surface area contributed by atoms with Crippen LogP contribution in [0, 0.1) is 0 Å². The van der Waals surface area contributed by atoms with Gasteiger partial charge in [-0.2, -0.15) is 5.10 Å². The molecule has 2 aromatic rings. The summed E-state index contributed by atoms with van der Waals surface area (Å²) in [6.45, 7) is 0. The van der Waals surface area contributed by atoms with Crippen LogP contribution in [0.3, 0.4) is 0 Å². The van der Waals surface area contributed by atoms with E-state index in [1.165, 1.54) is 29.2 Å². The van der Waals surface area contributed by atoms with Crippen LogP contribution in [-0.2, 0) is 10.0 Å². The maximum atomic E-state index is 11.2. The van der Waals surface area contributed by atoms with Crippen molar-refractivity contribution in [2.24, 2.45) is 5.14 Å². The van der Waals surface area contributed by atoms with Crippen LogP contribution in [0.2, 0.25) is 0 Å². The molecule has 2 heterocycles. The highest BCUT2D eigenvalue weighted by molar-refractivity contribution is 7.89. The minimum absolute atomic E-state index is 0.0475. The third-order valence-corrected chi connectivity index (χ3v) is 2.71. The van der Waals surface area contributed by atoms with Crippen molar-refractivity contribution in [3.05, 3.63) is 36.8 Å². The summed E-state index contributed by atoms with van der Waals surface area (Å²) in [6.07, 6.45) is 4.60. The van der Waals surface area contributed by atoms with Crippen molar-refractivity contribution in [1.82, 2.24) is 14.8 Å². The quantitative estimate of drug-likeness (QED) is 0.772. The summed E-state index contributed by atoms with van der Waals surface area (Å²) in [6, 6.07) is 4.56. The fraction of sp³-hybridized carbons (Fsp3) is 0. The molecule has 7 heteroatoms. The van der Waals surface area contributed by atoms with Gasteiger partial charge in [0.05, 0.1) is 0 Å². The Balaban J connectivity index is 2.68. The van der Waals surface area contributed by atoms with Gasteiger partial charge in [-0.15, -0.1) is 0 Å². The number of nitrogens with zero attached hydrogens (tertiary/aromatic N) is 3. The molecule has 0 saturated carbocycles. The first kappa shape index (κ1) is 9.81. The summed E-state index contributed by atoms with van der Waals surface area (Å²) in [5, 5.41) is 8.95. The molecule has 0 bridgehead atoms. The van der Waals surface area contributed by atoms with E-state index in [-0.39, 0.29) is 10.7 Å². The average Bonchev–Trinajstić information content (AvgIpc) is 2.69. The lowest BCUT2D eigenvalue weighted by molar-refractivity contribution is 0.596. The van der Waals surface area contributed by atoms with E-state index >= 15 is 0 Å². The summed E-state index contributed by atoms with van der Waals surface area (Å²) < 4.78 is 23.8. The van der Waals surface area contributed by atoms with Gasteiger partial charge < -0.3 is 0 Å². The maximum Gasteiger partial charge on any atom is 0.241 e. The maximum absolute atomic E-state index is 11.2. The molecule has 15 heavy (non-hydrogen) atoms. The van der Waals surface area contributed by atoms with E-state index in [1.807, 2.05) is 0 Å². The van der Waals surface area contributed by atoms with Crippen molar-refractivity contribution in [3.8, 4) is 5.82 Å². The molecule has 0 spiro atoms. The van der Waals surface area contributed by atoms with E-state index in [9.17, 15) is 8.42 Å². The van der Waals surface area contributed by atoms with Crippen molar-refractivity contribution in [2.75, 3.05) is 0 Å². The molecular weight excluding hydrogens is 216 g/mol. The minimum atomic E-state index is -3.78. The number of nitrogens with two attached hydrogens (primary N) is 1. The second kappa shape index (κ2) is 3.44. The molecule has 0 aliphatic carbocycles. The fourth-order valence-corrected chi connectivity index (χ4v) is 1.84. The Kier molecular flexibility index (Phi) is 2.25. The van der Waals surface area contributed by atoms with Crippen molar-refractivity contribution in [2.45, 2.75) is 4.90 Å². The van der Waals surface area contributed by atoms with Crippen molar-refractivity contribution in [3.63, 3.8) is 0 Å². The van der Waals surface area contributed by atoms with Gasteiger partial charge in [0.15, 0.2) is 5.82 Å². The number of aromatic nitrogens is 3. The Labute approximate surface area is 86.4 Å². The highest BCUT2D eigenvalue weighted by Gasteiger charge is 2.15. The SMILES string of the molecule is NS(=O)(=O)c1cccnc1-n1cccn1. The molecule has 78 valence electrons. The number of primary sulfonamides is 1. The molecule has 0 radical (unpaired) electrons. The van der Waals surface area contributed by atoms with Gasteiger partial charge in [-0.3, -0.25) is 0 Å². The van der Waals surface area contributed by atoms with Crippen molar-refractivity contribution >= 4 is 10.0 Å². The highest BCUT2D eigenvalue weighted by atomic mass is 32.2. The molecule has 6 nitrogen and oxygen atoms in total. The van der Waals surface area contributed by atoms with E-state index in [0.717, 1.165) is 0 Å². The van der Waals surface area contributed by atoms with Crippen LogP contribution in [-0.4, -0.2) is 23.2 Å². The molecule has 0 fully saturated rings. The molecule has 2 N–H and O–H groups in total. The lowest BCUT2D eigenvalue weighted by atomic mass is 10.4. The second-order valence-corrected chi connectivity index (χ2v) is 4.35. The van der Waals surface area contributed by atoms with Gasteiger partial charge in [0.2, 0.25) is 10.0 Å². The lowest BCUT2D eigenvalue weighted by Gasteiger charge is -2.05. The summed E-state index contributed by atoms with van der Waals surface area (Å²) in [4.78, 5) is 3.88. The topological polar surface area (TPSA) is 90.9 Å². The number of hydrogen-bond acceptors (Lipinski definition) is 4. The van der Waals surface area contributed by atoms with Crippen LogP contribution in [0.1, 0.15) is 0 Å². The minimum Gasteiger partial charge on any atom is -0.236 e. The predicted molar refractivity (Wildman–Crippen MR) is 52.7 cm³/mol. The summed E-state index contributed by atoms with van der Waals surface area (Å²) >= 11 is 0. The molecule has 0 atom stereocenters. The number of sulfonamides is 1.